The minimum Gasteiger partial charge on any atom is -0.339 e. The number of thioether (sulfide) groups is 1. The highest BCUT2D eigenvalue weighted by Gasteiger charge is 2.29. The minimum absolute atomic E-state index is 0.485. The number of hydrogen-bond acceptors (Lipinski definition) is 5. The van der Waals surface area contributed by atoms with Crippen LogP contribution in [0.25, 0.3) is 16.7 Å². The maximum atomic E-state index is 5.36. The molecule has 130 valence electrons. The molecule has 1 aliphatic rings. The van der Waals surface area contributed by atoms with Gasteiger partial charge in [-0.2, -0.15) is 4.98 Å². The van der Waals surface area contributed by atoms with Crippen molar-refractivity contribution in [2.24, 2.45) is 0 Å². The molecular formula is C20H18N4OS. The van der Waals surface area contributed by atoms with Gasteiger partial charge in [0.25, 0.3) is 0 Å². The summed E-state index contributed by atoms with van der Waals surface area (Å²) in [5, 5.41) is 5.05. The Morgan fingerprint density at radius 3 is 2.69 bits per heavy atom. The second-order valence-electron chi connectivity index (χ2n) is 6.67. The third kappa shape index (κ3) is 2.90. The number of nitrogens with zero attached hydrogens (tertiary/aromatic N) is 4. The summed E-state index contributed by atoms with van der Waals surface area (Å²) in [6, 6.07) is 16.7. The molecule has 26 heavy (non-hydrogen) atoms. The average Bonchev–Trinajstić information content (AvgIpc) is 3.29. The van der Waals surface area contributed by atoms with Crippen LogP contribution in [0.15, 0.2) is 58.2 Å². The first-order chi connectivity index (χ1) is 12.8. The summed E-state index contributed by atoms with van der Waals surface area (Å²) in [5.41, 5.74) is 4.44. The van der Waals surface area contributed by atoms with Crippen molar-refractivity contribution in [3.8, 4) is 5.69 Å². The van der Waals surface area contributed by atoms with E-state index in [0.717, 1.165) is 46.4 Å². The Hall–Kier alpha value is -2.60. The van der Waals surface area contributed by atoms with Crippen molar-refractivity contribution in [1.82, 2.24) is 19.7 Å². The first-order valence-electron chi connectivity index (χ1n) is 8.78. The van der Waals surface area contributed by atoms with Crippen molar-refractivity contribution in [2.45, 2.75) is 36.6 Å². The summed E-state index contributed by atoms with van der Waals surface area (Å²) in [4.78, 5) is 9.34. The van der Waals surface area contributed by atoms with Crippen molar-refractivity contribution in [3.05, 3.63) is 65.8 Å². The van der Waals surface area contributed by atoms with E-state index in [1.807, 2.05) is 18.2 Å². The van der Waals surface area contributed by atoms with Crippen molar-refractivity contribution >= 4 is 22.8 Å². The van der Waals surface area contributed by atoms with Crippen LogP contribution < -0.4 is 0 Å². The second kappa shape index (κ2) is 6.29. The van der Waals surface area contributed by atoms with E-state index in [1.165, 1.54) is 5.56 Å². The van der Waals surface area contributed by atoms with Crippen LogP contribution in [0.1, 0.15) is 36.0 Å². The van der Waals surface area contributed by atoms with Gasteiger partial charge < -0.3 is 4.52 Å². The molecule has 2 aromatic heterocycles. The molecule has 0 amide bonds. The fourth-order valence-electron chi connectivity index (χ4n) is 3.00. The van der Waals surface area contributed by atoms with Crippen LogP contribution in [0.3, 0.4) is 0 Å². The molecule has 0 N–H and O–H groups in total. The van der Waals surface area contributed by atoms with Gasteiger partial charge >= 0.3 is 0 Å². The summed E-state index contributed by atoms with van der Waals surface area (Å²) in [6.45, 7) is 2.10. The number of imidazole rings is 1. The molecule has 0 aliphatic heterocycles. The predicted molar refractivity (Wildman–Crippen MR) is 102 cm³/mol. The number of aryl methyl sites for hydroxylation is 1. The maximum Gasteiger partial charge on any atom is 0.229 e. The Kier molecular flexibility index (Phi) is 3.78. The minimum atomic E-state index is 0.485. The highest BCUT2D eigenvalue weighted by Crippen LogP contribution is 2.39. The van der Waals surface area contributed by atoms with Crippen LogP contribution in [0.4, 0.5) is 0 Å². The van der Waals surface area contributed by atoms with Gasteiger partial charge in [-0.1, -0.05) is 46.7 Å². The van der Waals surface area contributed by atoms with E-state index in [9.17, 15) is 0 Å². The molecule has 4 aromatic rings. The van der Waals surface area contributed by atoms with E-state index in [-0.39, 0.29) is 0 Å². The van der Waals surface area contributed by atoms with Gasteiger partial charge in [-0.05, 0) is 44.0 Å². The quantitative estimate of drug-likeness (QED) is 0.473. The van der Waals surface area contributed by atoms with Gasteiger partial charge in [0.1, 0.15) is 0 Å². The van der Waals surface area contributed by atoms with Crippen LogP contribution in [0.5, 0.6) is 0 Å². The Bertz CT molecular complexity index is 1060. The van der Waals surface area contributed by atoms with Crippen LogP contribution in [0, 0.1) is 6.92 Å². The molecule has 5 rings (SSSR count). The third-order valence-corrected chi connectivity index (χ3v) is 5.50. The summed E-state index contributed by atoms with van der Waals surface area (Å²) in [6.07, 6.45) is 2.33. The van der Waals surface area contributed by atoms with Crippen LogP contribution in [-0.4, -0.2) is 19.7 Å². The number of fused-ring (bicyclic) bond motifs is 1. The fraction of sp³-hybridized carbons (Fsp3) is 0.250. The van der Waals surface area contributed by atoms with Crippen molar-refractivity contribution < 1.29 is 4.52 Å². The SMILES string of the molecule is Cc1ccc(-n2c(SCc3noc(C4CC4)n3)nc3ccccc32)cc1. The van der Waals surface area contributed by atoms with E-state index < -0.39 is 0 Å². The van der Waals surface area contributed by atoms with Gasteiger partial charge in [0.15, 0.2) is 11.0 Å². The van der Waals surface area contributed by atoms with Gasteiger partial charge in [-0.25, -0.2) is 4.98 Å². The highest BCUT2D eigenvalue weighted by molar-refractivity contribution is 7.98. The molecule has 5 nitrogen and oxygen atoms in total. The number of aromatic nitrogens is 4. The Morgan fingerprint density at radius 2 is 1.88 bits per heavy atom. The molecule has 0 spiro atoms. The Labute approximate surface area is 155 Å². The smallest absolute Gasteiger partial charge is 0.229 e. The lowest BCUT2D eigenvalue weighted by molar-refractivity contribution is 0.375. The average molecular weight is 362 g/mol. The van der Waals surface area contributed by atoms with E-state index in [0.29, 0.717) is 11.7 Å². The van der Waals surface area contributed by atoms with Crippen LogP contribution in [-0.2, 0) is 5.75 Å². The zero-order valence-electron chi connectivity index (χ0n) is 14.4. The monoisotopic (exact) mass is 362 g/mol. The Balaban J connectivity index is 1.49. The third-order valence-electron chi connectivity index (χ3n) is 4.56. The first-order valence-corrected chi connectivity index (χ1v) is 9.76. The zero-order chi connectivity index (χ0) is 17.5. The normalized spacial score (nSPS) is 14.2. The lowest BCUT2D eigenvalue weighted by Crippen LogP contribution is -1.97. The van der Waals surface area contributed by atoms with Crippen LogP contribution in [0.2, 0.25) is 0 Å². The topological polar surface area (TPSA) is 56.7 Å². The maximum absolute atomic E-state index is 5.36. The lowest BCUT2D eigenvalue weighted by Gasteiger charge is -2.08. The van der Waals surface area contributed by atoms with Gasteiger partial charge in [-0.15, -0.1) is 0 Å². The predicted octanol–water partition coefficient (Wildman–Crippen LogP) is 4.89. The molecule has 0 atom stereocenters. The molecule has 1 saturated carbocycles. The number of hydrogen-bond donors (Lipinski definition) is 0. The summed E-state index contributed by atoms with van der Waals surface area (Å²) in [7, 11) is 0. The van der Waals surface area contributed by atoms with E-state index in [1.54, 1.807) is 11.8 Å². The largest absolute Gasteiger partial charge is 0.339 e. The summed E-state index contributed by atoms with van der Waals surface area (Å²) < 4.78 is 7.56. The molecule has 0 bridgehead atoms. The van der Waals surface area contributed by atoms with E-state index in [4.69, 9.17) is 9.51 Å². The molecule has 0 saturated heterocycles. The summed E-state index contributed by atoms with van der Waals surface area (Å²) in [5.74, 6) is 2.65. The van der Waals surface area contributed by atoms with E-state index in [2.05, 4.69) is 52.0 Å². The molecule has 6 heteroatoms. The van der Waals surface area contributed by atoms with Gasteiger partial charge in [0.2, 0.25) is 5.89 Å². The molecule has 0 radical (unpaired) electrons. The van der Waals surface area contributed by atoms with Gasteiger partial charge in [-0.3, -0.25) is 4.57 Å². The molecule has 1 aliphatic carbocycles. The Morgan fingerprint density at radius 1 is 1.08 bits per heavy atom. The molecular weight excluding hydrogens is 344 g/mol. The van der Waals surface area contributed by atoms with Crippen molar-refractivity contribution in [1.29, 1.82) is 0 Å². The zero-order valence-corrected chi connectivity index (χ0v) is 15.2. The van der Waals surface area contributed by atoms with Gasteiger partial charge in [0.05, 0.1) is 16.8 Å². The lowest BCUT2D eigenvalue weighted by atomic mass is 10.2. The number of rotatable bonds is 5. The molecule has 2 aromatic carbocycles. The van der Waals surface area contributed by atoms with Gasteiger partial charge in [0, 0.05) is 11.6 Å². The van der Waals surface area contributed by atoms with E-state index >= 15 is 0 Å². The molecule has 1 fully saturated rings. The molecule has 0 unspecified atom stereocenters. The second-order valence-corrected chi connectivity index (χ2v) is 7.61. The molecule has 2 heterocycles. The fourth-order valence-corrected chi connectivity index (χ4v) is 3.87. The van der Waals surface area contributed by atoms with Crippen molar-refractivity contribution in [2.75, 3.05) is 0 Å². The van der Waals surface area contributed by atoms with Crippen molar-refractivity contribution in [3.63, 3.8) is 0 Å². The number of benzene rings is 2. The number of para-hydroxylation sites is 2. The summed E-state index contributed by atoms with van der Waals surface area (Å²) >= 11 is 1.64. The standard InChI is InChI=1S/C20H18N4OS/c1-13-6-10-15(11-7-13)24-17-5-3-2-4-16(17)21-20(24)26-12-18-22-19(25-23-18)14-8-9-14/h2-7,10-11,14H,8-9,12H2,1H3. The van der Waals surface area contributed by atoms with Crippen LogP contribution >= 0.6 is 11.8 Å². The highest BCUT2D eigenvalue weighted by atomic mass is 32.2. The first kappa shape index (κ1) is 15.6.